The summed E-state index contributed by atoms with van der Waals surface area (Å²) in [6, 6.07) is 4.14. The number of aliphatic hydroxyl groups is 1. The molecule has 11 nitrogen and oxygen atoms in total. The zero-order valence-electron chi connectivity index (χ0n) is 15.1. The summed E-state index contributed by atoms with van der Waals surface area (Å²) in [4.78, 5) is 37.4. The summed E-state index contributed by atoms with van der Waals surface area (Å²) in [6.07, 6.45) is 0.530. The molecule has 5 N–H and O–H groups in total. The lowest BCUT2D eigenvalue weighted by Crippen LogP contribution is -2.33. The molecule has 2 heterocycles. The van der Waals surface area contributed by atoms with E-state index in [1.165, 1.54) is 18.2 Å². The van der Waals surface area contributed by atoms with E-state index in [1.54, 1.807) is 0 Å². The van der Waals surface area contributed by atoms with Crippen molar-refractivity contribution in [2.24, 2.45) is 0 Å². The number of aliphatic hydroxyl groups excluding tert-OH is 1. The van der Waals surface area contributed by atoms with Crippen molar-refractivity contribution in [3.63, 3.8) is 0 Å². The maximum atomic E-state index is 12.0. The molecule has 0 bridgehead atoms. The Hall–Kier alpha value is -3.15. The predicted octanol–water partition coefficient (Wildman–Crippen LogP) is 0.924. The maximum absolute atomic E-state index is 12.0. The predicted molar refractivity (Wildman–Crippen MR) is 108 cm³/mol. The van der Waals surface area contributed by atoms with E-state index in [2.05, 4.69) is 15.3 Å². The van der Waals surface area contributed by atoms with Crippen molar-refractivity contribution in [2.75, 3.05) is 5.73 Å². The number of H-pyrrole nitrogens is 2. The normalized spacial score (nSPS) is 18.1. The number of ether oxygens (including phenoxy) is 1. The molecule has 0 radical (unpaired) electrons. The molecule has 1 aromatic carbocycles. The Kier molecular flexibility index (Phi) is 5.10. The second kappa shape index (κ2) is 7.59. The monoisotopic (exact) mass is 452 g/mol. The van der Waals surface area contributed by atoms with Gasteiger partial charge >= 0.3 is 5.69 Å². The van der Waals surface area contributed by atoms with Gasteiger partial charge in [0.25, 0.3) is 11.1 Å². The highest BCUT2D eigenvalue weighted by atomic mass is 35.5. The third kappa shape index (κ3) is 3.70. The highest BCUT2D eigenvalue weighted by molar-refractivity contribution is 6.37. The van der Waals surface area contributed by atoms with Crippen LogP contribution in [0.25, 0.3) is 5.69 Å². The summed E-state index contributed by atoms with van der Waals surface area (Å²) in [7, 11) is 0. The second-order valence-electron chi connectivity index (χ2n) is 6.71. The van der Waals surface area contributed by atoms with Gasteiger partial charge in [-0.1, -0.05) is 23.2 Å². The molecule has 0 saturated heterocycles. The van der Waals surface area contributed by atoms with E-state index in [4.69, 9.17) is 33.7 Å². The average molecular weight is 453 g/mol. The molecule has 0 aliphatic heterocycles. The summed E-state index contributed by atoms with van der Waals surface area (Å²) >= 11 is 12.5. The van der Waals surface area contributed by atoms with Crippen molar-refractivity contribution in [3.8, 4) is 17.3 Å². The van der Waals surface area contributed by atoms with E-state index < -0.39 is 23.2 Å². The fraction of sp³-hybridized carbons (Fsp3) is 0.235. The number of nitrogens with two attached hydrogens (primary N) is 1. The first-order chi connectivity index (χ1) is 14.2. The molecule has 1 fully saturated rings. The number of benzene rings is 1. The molecular formula is C17H14Cl2N6O5. The Morgan fingerprint density at radius 1 is 1.13 bits per heavy atom. The van der Waals surface area contributed by atoms with E-state index in [9.17, 15) is 19.5 Å². The number of nitrogens with zero attached hydrogens (tertiary/aromatic N) is 3. The van der Waals surface area contributed by atoms with Gasteiger partial charge in [-0.3, -0.25) is 14.6 Å². The molecule has 0 spiro atoms. The van der Waals surface area contributed by atoms with Gasteiger partial charge in [0.1, 0.15) is 0 Å². The van der Waals surface area contributed by atoms with Crippen molar-refractivity contribution >= 4 is 29.0 Å². The molecule has 4 rings (SSSR count). The smallest absolute Gasteiger partial charge is 0.349 e. The molecule has 0 atom stereocenters. The number of rotatable bonds is 4. The minimum Gasteiger partial charge on any atom is -0.434 e. The van der Waals surface area contributed by atoms with Crippen LogP contribution in [0, 0.1) is 0 Å². The average Bonchev–Trinajstić information content (AvgIpc) is 2.66. The van der Waals surface area contributed by atoms with Gasteiger partial charge in [0.05, 0.1) is 21.8 Å². The largest absolute Gasteiger partial charge is 0.434 e. The Morgan fingerprint density at radius 3 is 2.43 bits per heavy atom. The van der Waals surface area contributed by atoms with Crippen molar-refractivity contribution in [3.05, 3.63) is 65.0 Å². The molecule has 2 aromatic heterocycles. The third-order valence-electron chi connectivity index (χ3n) is 4.65. The molecule has 1 saturated carbocycles. The van der Waals surface area contributed by atoms with Gasteiger partial charge in [-0.2, -0.15) is 4.68 Å². The highest BCUT2D eigenvalue weighted by Crippen LogP contribution is 2.39. The SMILES string of the molecule is Nc1nn(-c2cc(Cl)c(Oc3cc(C4CC(O)C4)c(=O)[nH]n3)c(Cl)c2)c(=O)[nH]c1=O. The van der Waals surface area contributed by atoms with Crippen LogP contribution in [0.5, 0.6) is 11.6 Å². The lowest BCUT2D eigenvalue weighted by Gasteiger charge is -2.30. The van der Waals surface area contributed by atoms with Gasteiger partial charge < -0.3 is 15.6 Å². The summed E-state index contributed by atoms with van der Waals surface area (Å²) in [6.45, 7) is 0. The Balaban J connectivity index is 1.68. The van der Waals surface area contributed by atoms with Crippen LogP contribution in [0.15, 0.2) is 32.6 Å². The molecule has 30 heavy (non-hydrogen) atoms. The Labute approximate surface area is 177 Å². The number of nitrogen functional groups attached to an aromatic ring is 1. The topological polar surface area (TPSA) is 169 Å². The molecule has 156 valence electrons. The van der Waals surface area contributed by atoms with Crippen LogP contribution in [0.2, 0.25) is 10.0 Å². The number of halogens is 2. The van der Waals surface area contributed by atoms with Gasteiger partial charge in [0.2, 0.25) is 11.7 Å². The molecule has 0 amide bonds. The first-order valence-corrected chi connectivity index (χ1v) is 9.42. The summed E-state index contributed by atoms with van der Waals surface area (Å²) in [5, 5.41) is 19.4. The first-order valence-electron chi connectivity index (χ1n) is 8.67. The molecular weight excluding hydrogens is 439 g/mol. The summed E-state index contributed by atoms with van der Waals surface area (Å²) in [5.41, 5.74) is 4.02. The van der Waals surface area contributed by atoms with Gasteiger partial charge in [-0.25, -0.2) is 9.89 Å². The number of anilines is 1. The quantitative estimate of drug-likeness (QED) is 0.452. The van der Waals surface area contributed by atoms with Crippen LogP contribution in [0.4, 0.5) is 5.82 Å². The van der Waals surface area contributed by atoms with Gasteiger partial charge in [0, 0.05) is 11.6 Å². The van der Waals surface area contributed by atoms with Crippen molar-refractivity contribution in [1.29, 1.82) is 0 Å². The standard InChI is InChI=1S/C17H14Cl2N6O5/c18-10-3-7(25-17(29)21-16(28)14(20)24-25)4-11(19)13(10)30-12-5-9(15(27)23-22-12)6-1-8(26)2-6/h3-6,8,26H,1-2H2,(H2,20,24)(H,23,27)(H,21,28,29). The van der Waals surface area contributed by atoms with E-state index in [0.717, 1.165) is 4.68 Å². The fourth-order valence-electron chi connectivity index (χ4n) is 3.06. The van der Waals surface area contributed by atoms with Crippen LogP contribution in [-0.2, 0) is 0 Å². The van der Waals surface area contributed by atoms with Gasteiger partial charge in [-0.05, 0) is 30.9 Å². The first kappa shape index (κ1) is 20.1. The molecule has 13 heteroatoms. The van der Waals surface area contributed by atoms with Crippen molar-refractivity contribution < 1.29 is 9.84 Å². The molecule has 0 unspecified atom stereocenters. The molecule has 3 aromatic rings. The number of hydrogen-bond acceptors (Lipinski definition) is 8. The zero-order valence-corrected chi connectivity index (χ0v) is 16.6. The van der Waals surface area contributed by atoms with Gasteiger partial charge in [0.15, 0.2) is 5.75 Å². The number of nitrogens with one attached hydrogen (secondary N) is 2. The summed E-state index contributed by atoms with van der Waals surface area (Å²) < 4.78 is 6.48. The van der Waals surface area contributed by atoms with Gasteiger partial charge in [-0.15, -0.1) is 10.2 Å². The lowest BCUT2D eigenvalue weighted by atomic mass is 9.78. The minimum atomic E-state index is -0.829. The number of aromatic amines is 2. The van der Waals surface area contributed by atoms with E-state index >= 15 is 0 Å². The van der Waals surface area contributed by atoms with Crippen molar-refractivity contribution in [1.82, 2.24) is 25.0 Å². The van der Waals surface area contributed by atoms with Crippen LogP contribution in [-0.4, -0.2) is 36.2 Å². The number of aromatic nitrogens is 5. The Bertz CT molecular complexity index is 1290. The molecule has 1 aliphatic rings. The number of hydrogen-bond donors (Lipinski definition) is 4. The van der Waals surface area contributed by atoms with Crippen LogP contribution < -0.4 is 27.3 Å². The second-order valence-corrected chi connectivity index (χ2v) is 7.52. The third-order valence-corrected chi connectivity index (χ3v) is 5.21. The van der Waals surface area contributed by atoms with Crippen LogP contribution in [0.1, 0.15) is 24.3 Å². The lowest BCUT2D eigenvalue weighted by molar-refractivity contribution is 0.0740. The molecule has 1 aliphatic carbocycles. The summed E-state index contributed by atoms with van der Waals surface area (Å²) in [5.74, 6) is -0.419. The zero-order chi connectivity index (χ0) is 21.6. The van der Waals surface area contributed by atoms with Crippen LogP contribution in [0.3, 0.4) is 0 Å². The minimum absolute atomic E-state index is 0.0181. The Morgan fingerprint density at radius 2 is 1.80 bits per heavy atom. The van der Waals surface area contributed by atoms with Crippen molar-refractivity contribution in [2.45, 2.75) is 24.9 Å². The van der Waals surface area contributed by atoms with Crippen LogP contribution >= 0.6 is 23.2 Å². The van der Waals surface area contributed by atoms with E-state index in [1.807, 2.05) is 4.98 Å². The maximum Gasteiger partial charge on any atom is 0.349 e. The fourth-order valence-corrected chi connectivity index (χ4v) is 3.61. The van der Waals surface area contributed by atoms with E-state index in [0.29, 0.717) is 18.4 Å². The highest BCUT2D eigenvalue weighted by Gasteiger charge is 2.31. The van der Waals surface area contributed by atoms with E-state index in [-0.39, 0.29) is 38.8 Å².